The van der Waals surface area contributed by atoms with Crippen molar-refractivity contribution in [1.82, 2.24) is 0 Å². The smallest absolute Gasteiger partial charge is 0.151 e. The molecule has 5 heteroatoms. The fraction of sp³-hybridized carbons (Fsp3) is 0.857. The first kappa shape index (κ1) is 11.5. The minimum absolute atomic E-state index is 0.163. The Morgan fingerprint density at radius 3 is 2.08 bits per heavy atom. The lowest BCUT2D eigenvalue weighted by atomic mass is 10.1. The number of hydrogen-bond acceptors (Lipinski definition) is 5. The van der Waals surface area contributed by atoms with Gasteiger partial charge in [-0.05, 0) is 6.92 Å². The number of aliphatic hydroxyl groups excluding tert-OH is 3. The van der Waals surface area contributed by atoms with E-state index >= 15 is 0 Å². The molecule has 0 aliphatic carbocycles. The maximum atomic E-state index is 10.00. The summed E-state index contributed by atoms with van der Waals surface area (Å²) in [5, 5.41) is 27.1. The molecule has 72 valence electrons. The van der Waals surface area contributed by atoms with Crippen molar-refractivity contribution in [2.24, 2.45) is 0 Å². The number of ether oxygens (including phenoxy) is 1. The van der Waals surface area contributed by atoms with E-state index in [1.165, 1.54) is 14.0 Å². The molecule has 0 aromatic rings. The quantitative estimate of drug-likeness (QED) is 0.437. The SMILES string of the molecule is CO[C@@H](C)[C@@H](O)[C@@H](O)[C@H](O)C=O. The van der Waals surface area contributed by atoms with Crippen LogP contribution in [-0.4, -0.2) is 53.1 Å². The van der Waals surface area contributed by atoms with E-state index in [-0.39, 0.29) is 6.29 Å². The van der Waals surface area contributed by atoms with Crippen molar-refractivity contribution in [3.8, 4) is 0 Å². The van der Waals surface area contributed by atoms with Crippen molar-refractivity contribution in [2.75, 3.05) is 7.11 Å². The molecule has 0 bridgehead atoms. The van der Waals surface area contributed by atoms with E-state index in [2.05, 4.69) is 0 Å². The molecule has 0 amide bonds. The molecule has 0 aliphatic heterocycles. The number of carbonyl (C=O) groups excluding carboxylic acids is 1. The molecule has 0 aromatic carbocycles. The molecule has 0 rings (SSSR count). The van der Waals surface area contributed by atoms with Crippen LogP contribution in [0.2, 0.25) is 0 Å². The normalized spacial score (nSPS) is 21.1. The van der Waals surface area contributed by atoms with Gasteiger partial charge in [-0.1, -0.05) is 0 Å². The number of hydrogen-bond donors (Lipinski definition) is 3. The van der Waals surface area contributed by atoms with Crippen LogP contribution in [0.3, 0.4) is 0 Å². The molecule has 0 aliphatic rings. The Morgan fingerprint density at radius 2 is 1.75 bits per heavy atom. The number of methoxy groups -OCH3 is 1. The van der Waals surface area contributed by atoms with Gasteiger partial charge in [0.15, 0.2) is 6.29 Å². The van der Waals surface area contributed by atoms with E-state index in [0.717, 1.165) is 0 Å². The molecule has 5 nitrogen and oxygen atoms in total. The number of rotatable bonds is 5. The van der Waals surface area contributed by atoms with E-state index in [0.29, 0.717) is 0 Å². The zero-order chi connectivity index (χ0) is 9.72. The van der Waals surface area contributed by atoms with Gasteiger partial charge in [-0.15, -0.1) is 0 Å². The Balaban J connectivity index is 4.07. The molecular weight excluding hydrogens is 164 g/mol. The van der Waals surface area contributed by atoms with Gasteiger partial charge < -0.3 is 24.9 Å². The number of aliphatic hydroxyl groups is 3. The number of aldehydes is 1. The third-order valence-corrected chi connectivity index (χ3v) is 1.69. The summed E-state index contributed by atoms with van der Waals surface area (Å²) in [4.78, 5) is 10.00. The maximum absolute atomic E-state index is 10.00. The summed E-state index contributed by atoms with van der Waals surface area (Å²) in [6.45, 7) is 1.52. The highest BCUT2D eigenvalue weighted by Crippen LogP contribution is 2.05. The molecule has 12 heavy (non-hydrogen) atoms. The summed E-state index contributed by atoms with van der Waals surface area (Å²) in [6.07, 6.45) is -4.81. The van der Waals surface area contributed by atoms with Crippen LogP contribution >= 0.6 is 0 Å². The van der Waals surface area contributed by atoms with Crippen LogP contribution in [0, 0.1) is 0 Å². The van der Waals surface area contributed by atoms with Gasteiger partial charge in [0.2, 0.25) is 0 Å². The van der Waals surface area contributed by atoms with E-state index in [4.69, 9.17) is 14.9 Å². The Morgan fingerprint density at radius 1 is 1.25 bits per heavy atom. The third kappa shape index (κ3) is 2.86. The predicted octanol–water partition coefficient (Wildman–Crippen LogP) is -1.70. The monoisotopic (exact) mass is 178 g/mol. The highest BCUT2D eigenvalue weighted by molar-refractivity contribution is 5.56. The molecule has 4 atom stereocenters. The molecule has 3 N–H and O–H groups in total. The summed E-state index contributed by atoms with van der Waals surface area (Å²) in [5.41, 5.74) is 0. The van der Waals surface area contributed by atoms with Gasteiger partial charge in [0, 0.05) is 7.11 Å². The topological polar surface area (TPSA) is 87.0 Å². The van der Waals surface area contributed by atoms with Gasteiger partial charge >= 0.3 is 0 Å². The van der Waals surface area contributed by atoms with Crippen LogP contribution in [0.25, 0.3) is 0 Å². The van der Waals surface area contributed by atoms with Crippen LogP contribution in [0.5, 0.6) is 0 Å². The fourth-order valence-corrected chi connectivity index (χ4v) is 0.700. The van der Waals surface area contributed by atoms with Gasteiger partial charge in [0.1, 0.15) is 18.3 Å². The summed E-state index contributed by atoms with van der Waals surface area (Å²) in [7, 11) is 1.36. The molecule has 0 radical (unpaired) electrons. The largest absolute Gasteiger partial charge is 0.388 e. The van der Waals surface area contributed by atoms with Gasteiger partial charge in [0.05, 0.1) is 6.10 Å². The standard InChI is InChI=1S/C7H14O5/c1-4(12-2)6(10)7(11)5(9)3-8/h3-7,9-11H,1-2H3/t4-,5+,6+,7-/m0/s1. The fourth-order valence-electron chi connectivity index (χ4n) is 0.700. The van der Waals surface area contributed by atoms with Crippen molar-refractivity contribution in [3.05, 3.63) is 0 Å². The molecule has 0 heterocycles. The summed E-state index contributed by atoms with van der Waals surface area (Å²) < 4.78 is 4.69. The van der Waals surface area contributed by atoms with Gasteiger partial charge in [-0.2, -0.15) is 0 Å². The van der Waals surface area contributed by atoms with Crippen LogP contribution in [0.15, 0.2) is 0 Å². The lowest BCUT2D eigenvalue weighted by molar-refractivity contribution is -0.134. The summed E-state index contributed by atoms with van der Waals surface area (Å²) >= 11 is 0. The lowest BCUT2D eigenvalue weighted by Gasteiger charge is -2.23. The van der Waals surface area contributed by atoms with Gasteiger partial charge in [0.25, 0.3) is 0 Å². The average molecular weight is 178 g/mol. The van der Waals surface area contributed by atoms with Crippen molar-refractivity contribution >= 4 is 6.29 Å². The van der Waals surface area contributed by atoms with Crippen LogP contribution in [-0.2, 0) is 9.53 Å². The van der Waals surface area contributed by atoms with Crippen molar-refractivity contribution in [1.29, 1.82) is 0 Å². The first-order chi connectivity index (χ1) is 5.54. The first-order valence-corrected chi connectivity index (χ1v) is 3.56. The molecule has 0 saturated carbocycles. The predicted molar refractivity (Wildman–Crippen MR) is 40.6 cm³/mol. The second kappa shape index (κ2) is 5.21. The van der Waals surface area contributed by atoms with Crippen LogP contribution in [0.1, 0.15) is 6.92 Å². The highest BCUT2D eigenvalue weighted by atomic mass is 16.5. The maximum Gasteiger partial charge on any atom is 0.151 e. The van der Waals surface area contributed by atoms with Crippen molar-refractivity contribution in [2.45, 2.75) is 31.3 Å². The minimum atomic E-state index is -1.57. The van der Waals surface area contributed by atoms with E-state index in [9.17, 15) is 9.90 Å². The zero-order valence-electron chi connectivity index (χ0n) is 7.04. The summed E-state index contributed by atoms with van der Waals surface area (Å²) in [5.74, 6) is 0. The first-order valence-electron chi connectivity index (χ1n) is 3.56. The van der Waals surface area contributed by atoms with Crippen LogP contribution in [0.4, 0.5) is 0 Å². The Bertz CT molecular complexity index is 138. The molecule has 0 spiro atoms. The Labute approximate surface area is 70.6 Å². The molecule has 0 aromatic heterocycles. The highest BCUT2D eigenvalue weighted by Gasteiger charge is 2.28. The molecule has 0 fully saturated rings. The third-order valence-electron chi connectivity index (χ3n) is 1.69. The zero-order valence-corrected chi connectivity index (χ0v) is 7.04. The minimum Gasteiger partial charge on any atom is -0.388 e. The molecule has 0 unspecified atom stereocenters. The molecular formula is C7H14O5. The molecule has 0 saturated heterocycles. The van der Waals surface area contributed by atoms with Crippen molar-refractivity contribution < 1.29 is 24.9 Å². The summed E-state index contributed by atoms with van der Waals surface area (Å²) in [6, 6.07) is 0. The Hall–Kier alpha value is -0.490. The van der Waals surface area contributed by atoms with Crippen molar-refractivity contribution in [3.63, 3.8) is 0 Å². The average Bonchev–Trinajstić information content (AvgIpc) is 2.12. The van der Waals surface area contributed by atoms with Gasteiger partial charge in [-0.25, -0.2) is 0 Å². The number of carbonyl (C=O) groups is 1. The second-order valence-corrected chi connectivity index (χ2v) is 2.55. The van der Waals surface area contributed by atoms with Crippen LogP contribution < -0.4 is 0 Å². The lowest BCUT2D eigenvalue weighted by Crippen LogP contribution is -2.44. The van der Waals surface area contributed by atoms with E-state index in [1.54, 1.807) is 0 Å². The van der Waals surface area contributed by atoms with E-state index in [1.807, 2.05) is 0 Å². The van der Waals surface area contributed by atoms with Gasteiger partial charge in [-0.3, -0.25) is 0 Å². The van der Waals surface area contributed by atoms with E-state index < -0.39 is 24.4 Å². The second-order valence-electron chi connectivity index (χ2n) is 2.55. The Kier molecular flexibility index (Phi) is 5.00.